The number of amides is 1. The predicted octanol–water partition coefficient (Wildman–Crippen LogP) is 3.23. The van der Waals surface area contributed by atoms with Crippen LogP contribution in [-0.4, -0.2) is 40.3 Å². The van der Waals surface area contributed by atoms with Crippen molar-refractivity contribution in [3.8, 4) is 0 Å². The molecule has 3 N–H and O–H groups in total. The summed E-state index contributed by atoms with van der Waals surface area (Å²) in [5.41, 5.74) is 0.989. The number of ketones is 1. The highest BCUT2D eigenvalue weighted by molar-refractivity contribution is 6.08. The average Bonchev–Trinajstić information content (AvgIpc) is 2.66. The largest absolute Gasteiger partial charge is 0.444 e. The second-order valence-corrected chi connectivity index (χ2v) is 7.55. The zero-order valence-corrected chi connectivity index (χ0v) is 16.4. The zero-order chi connectivity index (χ0) is 20.7. The second kappa shape index (κ2) is 9.48. The lowest BCUT2D eigenvalue weighted by atomic mass is 9.98. The summed E-state index contributed by atoms with van der Waals surface area (Å²) in [4.78, 5) is 24.0. The molecule has 0 spiro atoms. The minimum atomic E-state index is -1.12. The van der Waals surface area contributed by atoms with E-state index in [2.05, 4.69) is 5.32 Å². The Morgan fingerprint density at radius 1 is 0.964 bits per heavy atom. The maximum absolute atomic E-state index is 12.4. The van der Waals surface area contributed by atoms with Crippen molar-refractivity contribution in [1.82, 2.24) is 5.32 Å². The number of hydrogen-bond acceptors (Lipinski definition) is 5. The van der Waals surface area contributed by atoms with E-state index < -0.39 is 23.9 Å². The maximum Gasteiger partial charge on any atom is 0.407 e. The molecule has 150 valence electrons. The average molecular weight is 385 g/mol. The van der Waals surface area contributed by atoms with Gasteiger partial charge in [0.25, 0.3) is 0 Å². The molecule has 0 bridgehead atoms. The van der Waals surface area contributed by atoms with Crippen LogP contribution in [0.25, 0.3) is 0 Å². The molecule has 6 heteroatoms. The Morgan fingerprint density at radius 2 is 1.54 bits per heavy atom. The highest BCUT2D eigenvalue weighted by Gasteiger charge is 2.20. The molecule has 1 amide bonds. The Hall–Kier alpha value is -2.70. The molecule has 0 aromatic heterocycles. The Morgan fingerprint density at radius 3 is 2.11 bits per heavy atom. The summed E-state index contributed by atoms with van der Waals surface area (Å²) in [5, 5.41) is 23.0. The van der Waals surface area contributed by atoms with Gasteiger partial charge in [0, 0.05) is 17.7 Å². The van der Waals surface area contributed by atoms with E-state index in [1.54, 1.807) is 69.3 Å². The molecule has 2 aromatic carbocycles. The van der Waals surface area contributed by atoms with Gasteiger partial charge in [0.1, 0.15) is 11.7 Å². The number of benzene rings is 2. The first-order valence-electron chi connectivity index (χ1n) is 9.20. The van der Waals surface area contributed by atoms with Crippen molar-refractivity contribution in [2.45, 2.75) is 45.0 Å². The third-order valence-electron chi connectivity index (χ3n) is 4.02. The van der Waals surface area contributed by atoms with Gasteiger partial charge in [-0.2, -0.15) is 0 Å². The molecular weight excluding hydrogens is 358 g/mol. The first-order chi connectivity index (χ1) is 13.2. The van der Waals surface area contributed by atoms with Crippen LogP contribution in [0.5, 0.6) is 0 Å². The summed E-state index contributed by atoms with van der Waals surface area (Å²) in [7, 11) is 0. The van der Waals surface area contributed by atoms with Gasteiger partial charge in [-0.25, -0.2) is 4.79 Å². The van der Waals surface area contributed by atoms with Crippen LogP contribution in [0.4, 0.5) is 4.79 Å². The quantitative estimate of drug-likeness (QED) is 0.636. The minimum absolute atomic E-state index is 0.108. The van der Waals surface area contributed by atoms with E-state index >= 15 is 0 Å². The summed E-state index contributed by atoms with van der Waals surface area (Å²) in [5.74, 6) is -0.108. The van der Waals surface area contributed by atoms with Gasteiger partial charge in [-0.3, -0.25) is 4.79 Å². The normalized spacial score (nSPS) is 13.5. The van der Waals surface area contributed by atoms with Crippen LogP contribution >= 0.6 is 0 Å². The van der Waals surface area contributed by atoms with Crippen molar-refractivity contribution in [1.29, 1.82) is 0 Å². The van der Waals surface area contributed by atoms with Crippen LogP contribution in [0.2, 0.25) is 0 Å². The smallest absolute Gasteiger partial charge is 0.407 e. The molecule has 2 atom stereocenters. The number of rotatable bonds is 7. The van der Waals surface area contributed by atoms with E-state index in [0.717, 1.165) is 0 Å². The molecule has 0 aliphatic rings. The van der Waals surface area contributed by atoms with E-state index in [4.69, 9.17) is 4.74 Å². The fraction of sp³-hybridized carbons (Fsp3) is 0.364. The monoisotopic (exact) mass is 385 g/mol. The molecule has 0 fully saturated rings. The lowest BCUT2D eigenvalue weighted by Gasteiger charge is -2.21. The molecule has 2 unspecified atom stereocenters. The fourth-order valence-electron chi connectivity index (χ4n) is 2.60. The first-order valence-corrected chi connectivity index (χ1v) is 9.20. The summed E-state index contributed by atoms with van der Waals surface area (Å²) in [6.07, 6.45) is -2.60. The maximum atomic E-state index is 12.4. The van der Waals surface area contributed by atoms with E-state index in [0.29, 0.717) is 16.7 Å². The highest BCUT2D eigenvalue weighted by Crippen LogP contribution is 2.20. The summed E-state index contributed by atoms with van der Waals surface area (Å²) in [6.45, 7) is 5.45. The van der Waals surface area contributed by atoms with Crippen molar-refractivity contribution in [2.24, 2.45) is 0 Å². The van der Waals surface area contributed by atoms with Gasteiger partial charge in [0.2, 0.25) is 0 Å². The van der Waals surface area contributed by atoms with E-state index in [-0.39, 0.29) is 18.7 Å². The molecule has 2 aromatic rings. The number of hydrogen-bond donors (Lipinski definition) is 3. The summed E-state index contributed by atoms with van der Waals surface area (Å²) < 4.78 is 5.11. The van der Waals surface area contributed by atoms with Crippen LogP contribution in [0.15, 0.2) is 54.6 Å². The number of carbonyl (C=O) groups is 2. The molecule has 2 rings (SSSR count). The number of aliphatic hydroxyl groups is 2. The van der Waals surface area contributed by atoms with Gasteiger partial charge < -0.3 is 20.3 Å². The standard InChI is InChI=1S/C22H27NO5/c1-22(2,3)28-21(27)23-14-13-18(24)20(26)17-11-9-16(10-12-17)19(25)15-7-5-4-6-8-15/h4-12,18,20,24,26H,13-14H2,1-3H3,(H,23,27). The SMILES string of the molecule is CC(C)(C)OC(=O)NCCC(O)C(O)c1ccc(C(=O)c2ccccc2)cc1. The van der Waals surface area contributed by atoms with Crippen molar-refractivity contribution >= 4 is 11.9 Å². The number of carbonyl (C=O) groups excluding carboxylic acids is 2. The number of aliphatic hydroxyl groups excluding tert-OH is 2. The van der Waals surface area contributed by atoms with Gasteiger partial charge in [0.15, 0.2) is 5.78 Å². The van der Waals surface area contributed by atoms with Crippen LogP contribution in [0.1, 0.15) is 54.8 Å². The molecule has 0 saturated heterocycles. The molecule has 0 radical (unpaired) electrons. The molecule has 6 nitrogen and oxygen atoms in total. The van der Waals surface area contributed by atoms with Gasteiger partial charge in [-0.15, -0.1) is 0 Å². The summed E-state index contributed by atoms with van der Waals surface area (Å²) >= 11 is 0. The third kappa shape index (κ3) is 6.48. The molecule has 28 heavy (non-hydrogen) atoms. The molecule has 0 aliphatic heterocycles. The fourth-order valence-corrected chi connectivity index (χ4v) is 2.60. The van der Waals surface area contributed by atoms with Crippen LogP contribution in [-0.2, 0) is 4.74 Å². The van der Waals surface area contributed by atoms with E-state index in [1.165, 1.54) is 0 Å². The van der Waals surface area contributed by atoms with Gasteiger partial charge >= 0.3 is 6.09 Å². The molecule has 0 aliphatic carbocycles. The van der Waals surface area contributed by atoms with Gasteiger partial charge in [0.05, 0.1) is 6.10 Å². The Balaban J connectivity index is 1.89. The van der Waals surface area contributed by atoms with Crippen molar-refractivity contribution in [3.05, 3.63) is 71.3 Å². The Kier molecular flexibility index (Phi) is 7.31. The second-order valence-electron chi connectivity index (χ2n) is 7.55. The van der Waals surface area contributed by atoms with Crippen LogP contribution < -0.4 is 5.32 Å². The lowest BCUT2D eigenvalue weighted by Crippen LogP contribution is -2.34. The van der Waals surface area contributed by atoms with Gasteiger partial charge in [-0.05, 0) is 32.8 Å². The number of alkyl carbamates (subject to hydrolysis) is 1. The molecule has 0 saturated carbocycles. The highest BCUT2D eigenvalue weighted by atomic mass is 16.6. The number of ether oxygens (including phenoxy) is 1. The predicted molar refractivity (Wildman–Crippen MR) is 106 cm³/mol. The topological polar surface area (TPSA) is 95.9 Å². The molecular formula is C22H27NO5. The first kappa shape index (κ1) is 21.6. The van der Waals surface area contributed by atoms with Crippen molar-refractivity contribution in [2.75, 3.05) is 6.54 Å². The third-order valence-corrected chi connectivity index (χ3v) is 4.02. The summed E-state index contributed by atoms with van der Waals surface area (Å²) in [6, 6.07) is 15.4. The van der Waals surface area contributed by atoms with Crippen LogP contribution in [0.3, 0.4) is 0 Å². The van der Waals surface area contributed by atoms with Crippen molar-refractivity contribution < 1.29 is 24.5 Å². The van der Waals surface area contributed by atoms with Crippen molar-refractivity contribution in [3.63, 3.8) is 0 Å². The minimum Gasteiger partial charge on any atom is -0.444 e. The lowest BCUT2D eigenvalue weighted by molar-refractivity contribution is 0.0123. The van der Waals surface area contributed by atoms with E-state index in [1.807, 2.05) is 6.07 Å². The van der Waals surface area contributed by atoms with Gasteiger partial charge in [-0.1, -0.05) is 54.6 Å². The Bertz CT molecular complexity index is 781. The number of nitrogens with one attached hydrogen (secondary N) is 1. The Labute approximate surface area is 165 Å². The molecule has 0 heterocycles. The zero-order valence-electron chi connectivity index (χ0n) is 16.4. The van der Waals surface area contributed by atoms with Crippen LogP contribution in [0, 0.1) is 0 Å². The van der Waals surface area contributed by atoms with E-state index in [9.17, 15) is 19.8 Å².